The van der Waals surface area contributed by atoms with E-state index in [4.69, 9.17) is 19.2 Å². The van der Waals surface area contributed by atoms with Gasteiger partial charge >= 0.3 is 6.18 Å². The van der Waals surface area contributed by atoms with Gasteiger partial charge in [0.05, 0.1) is 42.0 Å². The zero-order valence-electron chi connectivity index (χ0n) is 25.7. The van der Waals surface area contributed by atoms with E-state index < -0.39 is 23.6 Å². The molecule has 0 amide bonds. The topological polar surface area (TPSA) is 103 Å². The van der Waals surface area contributed by atoms with Gasteiger partial charge in [0, 0.05) is 19.1 Å². The van der Waals surface area contributed by atoms with Crippen molar-refractivity contribution in [3.63, 3.8) is 0 Å². The number of benzene rings is 1. The highest BCUT2D eigenvalue weighted by atomic mass is 19.4. The second-order valence-electron chi connectivity index (χ2n) is 12.0. The molecule has 246 valence electrons. The van der Waals surface area contributed by atoms with Crippen LogP contribution in [0.2, 0.25) is 0 Å². The Morgan fingerprint density at radius 2 is 1.91 bits per heavy atom. The largest absolute Gasteiger partial charge is 0.451 e. The van der Waals surface area contributed by atoms with Gasteiger partial charge in [-0.05, 0) is 56.5 Å². The van der Waals surface area contributed by atoms with Crippen molar-refractivity contribution in [1.82, 2.24) is 34.6 Å². The number of pyridine rings is 1. The number of nitrogens with one attached hydrogen (secondary N) is 1. The van der Waals surface area contributed by atoms with Crippen molar-refractivity contribution >= 4 is 11.0 Å². The highest BCUT2D eigenvalue weighted by Gasteiger charge is 2.43. The highest BCUT2D eigenvalue weighted by Crippen LogP contribution is 2.49. The number of nitrogens with zero attached hydrogens (tertiary/aromatic N) is 6. The Balaban J connectivity index is 1.09. The van der Waals surface area contributed by atoms with Crippen LogP contribution in [0.1, 0.15) is 49.3 Å². The van der Waals surface area contributed by atoms with Crippen LogP contribution in [0.3, 0.4) is 0 Å². The van der Waals surface area contributed by atoms with Crippen molar-refractivity contribution in [3.05, 3.63) is 84.4 Å². The number of H-pyrrole nitrogens is 1. The standard InChI is InChI=1S/C33H33F4N7O3/c1-4-22(23(34)5-2)32(3)46-27-8-6-7-21(29(27)47-32)19-9-12-43(13-10-19)18-28-39-24-15-25(30-40-31(42-41-30)33(35,36)37)38-16-26(24)44(28)17-20-11-14-45-20/h4-8,15-16,19-20H,1-2,9-14,17-18H2,3H3,(H,40,41,42)/b23-22-/t20-,32?/m0/s1. The van der Waals surface area contributed by atoms with E-state index in [-0.39, 0.29) is 29.1 Å². The number of hydrogen-bond acceptors (Lipinski definition) is 8. The fourth-order valence-electron chi connectivity index (χ4n) is 6.45. The first-order valence-electron chi connectivity index (χ1n) is 15.4. The molecule has 2 fully saturated rings. The Morgan fingerprint density at radius 1 is 1.13 bits per heavy atom. The summed E-state index contributed by atoms with van der Waals surface area (Å²) in [6.07, 6.45) is 2.17. The quantitative estimate of drug-likeness (QED) is 0.162. The molecule has 0 bridgehead atoms. The summed E-state index contributed by atoms with van der Waals surface area (Å²) in [6, 6.07) is 7.39. The summed E-state index contributed by atoms with van der Waals surface area (Å²) in [5.74, 6) is -1.05. The minimum Gasteiger partial charge on any atom is -0.444 e. The van der Waals surface area contributed by atoms with Crippen LogP contribution < -0.4 is 9.47 Å². The Bertz CT molecular complexity index is 1870. The van der Waals surface area contributed by atoms with Crippen molar-refractivity contribution in [2.24, 2.45) is 0 Å². The first kappa shape index (κ1) is 31.1. The third-order valence-electron chi connectivity index (χ3n) is 9.01. The number of imidazole rings is 1. The van der Waals surface area contributed by atoms with Crippen LogP contribution in [0.15, 0.2) is 67.2 Å². The molecule has 3 aliphatic rings. The summed E-state index contributed by atoms with van der Waals surface area (Å²) < 4.78 is 74.0. The minimum absolute atomic E-state index is 0.0587. The maximum atomic E-state index is 14.6. The zero-order valence-corrected chi connectivity index (χ0v) is 25.7. The van der Waals surface area contributed by atoms with Crippen molar-refractivity contribution in [2.75, 3.05) is 19.7 Å². The van der Waals surface area contributed by atoms with Crippen LogP contribution in [0.5, 0.6) is 11.5 Å². The SMILES string of the molecule is C=C/C(F)=C(\C=C)C1(C)Oc2cccc(C3CCN(Cc4nc5cc(-c6n[nH]c(C(F)(F)F)n6)ncc5n4C[C@@H]4CCO4)CC3)c2O1. The average molecular weight is 652 g/mol. The molecule has 4 aromatic rings. The Kier molecular flexibility index (Phi) is 7.87. The molecule has 1 N–H and O–H groups in total. The van der Waals surface area contributed by atoms with Crippen molar-refractivity contribution in [3.8, 4) is 23.0 Å². The number of piperidine rings is 1. The number of likely N-dealkylation sites (tertiary alicyclic amines) is 1. The van der Waals surface area contributed by atoms with Gasteiger partial charge in [-0.25, -0.2) is 14.4 Å². The summed E-state index contributed by atoms with van der Waals surface area (Å²) in [6.45, 7) is 12.4. The summed E-state index contributed by atoms with van der Waals surface area (Å²) >= 11 is 0. The lowest BCUT2D eigenvalue weighted by Crippen LogP contribution is -2.37. The second kappa shape index (κ2) is 11.9. The number of fused-ring (bicyclic) bond motifs is 2. The zero-order chi connectivity index (χ0) is 32.9. The molecule has 3 aromatic heterocycles. The fraction of sp³-hybridized carbons (Fsp3) is 0.394. The van der Waals surface area contributed by atoms with E-state index >= 15 is 0 Å². The molecule has 0 spiro atoms. The van der Waals surface area contributed by atoms with Gasteiger partial charge in [-0.2, -0.15) is 18.3 Å². The molecule has 0 aliphatic carbocycles. The first-order valence-corrected chi connectivity index (χ1v) is 15.4. The van der Waals surface area contributed by atoms with E-state index in [0.29, 0.717) is 36.7 Å². The maximum absolute atomic E-state index is 14.6. The number of allylic oxidation sites excluding steroid dienone is 2. The average Bonchev–Trinajstić information content (AvgIpc) is 3.74. The monoisotopic (exact) mass is 651 g/mol. The molecule has 2 atom stereocenters. The van der Waals surface area contributed by atoms with Gasteiger partial charge in [-0.3, -0.25) is 15.0 Å². The van der Waals surface area contributed by atoms with Gasteiger partial charge in [-0.15, -0.1) is 0 Å². The van der Waals surface area contributed by atoms with Gasteiger partial charge in [0.2, 0.25) is 5.82 Å². The van der Waals surface area contributed by atoms with Crippen LogP contribution in [0.4, 0.5) is 17.6 Å². The van der Waals surface area contributed by atoms with E-state index in [0.717, 1.165) is 55.3 Å². The Morgan fingerprint density at radius 3 is 2.57 bits per heavy atom. The molecule has 3 aliphatic heterocycles. The first-order chi connectivity index (χ1) is 22.6. The van der Waals surface area contributed by atoms with Gasteiger partial charge < -0.3 is 18.8 Å². The lowest BCUT2D eigenvalue weighted by molar-refractivity contribution is -0.144. The van der Waals surface area contributed by atoms with E-state index in [1.165, 1.54) is 6.08 Å². The summed E-state index contributed by atoms with van der Waals surface area (Å²) in [5.41, 5.74) is 2.75. The van der Waals surface area contributed by atoms with Crippen LogP contribution in [0.25, 0.3) is 22.6 Å². The van der Waals surface area contributed by atoms with Crippen LogP contribution in [-0.2, 0) is 24.0 Å². The number of halogens is 4. The molecule has 10 nitrogen and oxygen atoms in total. The molecular weight excluding hydrogens is 618 g/mol. The number of alkyl halides is 3. The number of aromatic nitrogens is 6. The Hall–Kier alpha value is -4.56. The molecule has 1 unspecified atom stereocenters. The number of ether oxygens (including phenoxy) is 3. The summed E-state index contributed by atoms with van der Waals surface area (Å²) in [7, 11) is 0. The number of aromatic amines is 1. The molecule has 1 aromatic carbocycles. The van der Waals surface area contributed by atoms with E-state index in [9.17, 15) is 17.6 Å². The van der Waals surface area contributed by atoms with Gasteiger partial charge in [0.25, 0.3) is 5.79 Å². The normalized spacial score (nSPS) is 22.3. The molecule has 47 heavy (non-hydrogen) atoms. The van der Waals surface area contributed by atoms with Crippen LogP contribution in [0, 0.1) is 0 Å². The number of para-hydroxylation sites is 1. The Labute approximate surface area is 267 Å². The third-order valence-corrected chi connectivity index (χ3v) is 9.01. The predicted molar refractivity (Wildman–Crippen MR) is 164 cm³/mol. The molecule has 2 saturated heterocycles. The third kappa shape index (κ3) is 5.80. The fourth-order valence-corrected chi connectivity index (χ4v) is 6.45. The van der Waals surface area contributed by atoms with Crippen molar-refractivity contribution in [2.45, 2.75) is 63.3 Å². The number of hydrogen-bond donors (Lipinski definition) is 1. The molecule has 0 saturated carbocycles. The summed E-state index contributed by atoms with van der Waals surface area (Å²) in [4.78, 5) is 15.2. The second-order valence-corrected chi connectivity index (χ2v) is 12.0. The number of rotatable bonds is 9. The summed E-state index contributed by atoms with van der Waals surface area (Å²) in [5, 5.41) is 5.65. The minimum atomic E-state index is -4.64. The lowest BCUT2D eigenvalue weighted by atomic mass is 9.88. The maximum Gasteiger partial charge on any atom is 0.451 e. The van der Waals surface area contributed by atoms with Gasteiger partial charge in [0.1, 0.15) is 17.3 Å². The molecule has 6 heterocycles. The van der Waals surface area contributed by atoms with E-state index in [1.807, 2.05) is 23.3 Å². The van der Waals surface area contributed by atoms with E-state index in [2.05, 4.69) is 37.7 Å². The highest BCUT2D eigenvalue weighted by molar-refractivity contribution is 5.79. The smallest absolute Gasteiger partial charge is 0.444 e. The molecular formula is C33H33F4N7O3. The lowest BCUT2D eigenvalue weighted by Gasteiger charge is -2.33. The molecule has 7 rings (SSSR count). The van der Waals surface area contributed by atoms with Gasteiger partial charge in [0.15, 0.2) is 17.3 Å². The molecule has 14 heteroatoms. The van der Waals surface area contributed by atoms with E-state index in [1.54, 1.807) is 19.2 Å². The van der Waals surface area contributed by atoms with Crippen LogP contribution >= 0.6 is 0 Å². The van der Waals surface area contributed by atoms with Crippen molar-refractivity contribution in [1.29, 1.82) is 0 Å². The van der Waals surface area contributed by atoms with Crippen molar-refractivity contribution < 1.29 is 31.8 Å². The van der Waals surface area contributed by atoms with Crippen LogP contribution in [-0.4, -0.2) is 66.2 Å². The molecule has 0 radical (unpaired) electrons. The predicted octanol–water partition coefficient (Wildman–Crippen LogP) is 6.49. The van der Waals surface area contributed by atoms with Gasteiger partial charge in [-0.1, -0.05) is 31.4 Å².